The Hall–Kier alpha value is -2.82. The molecule has 2 atom stereocenters. The molecule has 2 rings (SSSR count). The molecule has 2 aromatic rings. The lowest BCUT2D eigenvalue weighted by Gasteiger charge is -2.15. The zero-order chi connectivity index (χ0) is 19.1. The summed E-state index contributed by atoms with van der Waals surface area (Å²) in [5.74, 6) is 0.308. The molecule has 0 aliphatic carbocycles. The van der Waals surface area contributed by atoms with Crippen molar-refractivity contribution in [1.82, 2.24) is 0 Å². The van der Waals surface area contributed by atoms with Gasteiger partial charge in [-0.3, -0.25) is 4.99 Å². The van der Waals surface area contributed by atoms with Crippen LogP contribution in [0.3, 0.4) is 0 Å². The van der Waals surface area contributed by atoms with E-state index in [0.717, 1.165) is 12.1 Å². The molecule has 0 spiro atoms. The predicted molar refractivity (Wildman–Crippen MR) is 103 cm³/mol. The quantitative estimate of drug-likeness (QED) is 0.690. The van der Waals surface area contributed by atoms with Crippen LogP contribution >= 0.6 is 0 Å². The number of para-hydroxylation sites is 1. The molecule has 0 aliphatic rings. The Labute approximate surface area is 154 Å². The zero-order valence-electron chi connectivity index (χ0n) is 15.6. The number of hydrogen-bond donors (Lipinski definition) is 1. The van der Waals surface area contributed by atoms with Gasteiger partial charge in [-0.25, -0.2) is 4.79 Å². The summed E-state index contributed by atoms with van der Waals surface area (Å²) >= 11 is 0. The molecular formula is C21H25NO4. The highest BCUT2D eigenvalue weighted by atomic mass is 16.5. The van der Waals surface area contributed by atoms with E-state index in [4.69, 9.17) is 14.6 Å². The lowest BCUT2D eigenvalue weighted by molar-refractivity contribution is -0.144. The molecule has 0 radical (unpaired) electrons. The summed E-state index contributed by atoms with van der Waals surface area (Å²) in [7, 11) is 1.52. The Bertz CT molecular complexity index is 768. The second kappa shape index (κ2) is 9.04. The van der Waals surface area contributed by atoms with Gasteiger partial charge in [-0.15, -0.1) is 0 Å². The van der Waals surface area contributed by atoms with Crippen LogP contribution < -0.4 is 9.47 Å². The SMILES string of the molecule is CC[C@H](C)c1ccc(N=Cc2cccc(OC)c2O[C@@H](C)C(=O)O)cc1. The first-order valence-electron chi connectivity index (χ1n) is 8.66. The smallest absolute Gasteiger partial charge is 0.344 e. The second-order valence-corrected chi connectivity index (χ2v) is 6.14. The molecule has 0 bridgehead atoms. The predicted octanol–water partition coefficient (Wildman–Crippen LogP) is 4.81. The molecule has 138 valence electrons. The third kappa shape index (κ3) is 4.85. The third-order valence-corrected chi connectivity index (χ3v) is 4.30. The minimum atomic E-state index is -1.04. The van der Waals surface area contributed by atoms with Crippen molar-refractivity contribution in [3.05, 3.63) is 53.6 Å². The standard InChI is InChI=1S/C21H25NO4/c1-5-14(2)16-9-11-18(12-10-16)22-13-17-7-6-8-19(25-4)20(17)26-15(3)21(23)24/h6-15H,5H2,1-4H3,(H,23,24)/t14-,15-/m0/s1. The Morgan fingerprint density at radius 2 is 1.88 bits per heavy atom. The van der Waals surface area contributed by atoms with Gasteiger partial charge in [-0.2, -0.15) is 0 Å². The summed E-state index contributed by atoms with van der Waals surface area (Å²) < 4.78 is 10.9. The van der Waals surface area contributed by atoms with Crippen LogP contribution in [-0.4, -0.2) is 30.5 Å². The lowest BCUT2D eigenvalue weighted by Crippen LogP contribution is -2.23. The van der Waals surface area contributed by atoms with E-state index < -0.39 is 12.1 Å². The summed E-state index contributed by atoms with van der Waals surface area (Å²) in [6, 6.07) is 13.4. The fourth-order valence-electron chi connectivity index (χ4n) is 2.42. The Morgan fingerprint density at radius 3 is 2.46 bits per heavy atom. The van der Waals surface area contributed by atoms with E-state index in [1.165, 1.54) is 19.6 Å². The van der Waals surface area contributed by atoms with E-state index in [9.17, 15) is 4.79 Å². The van der Waals surface area contributed by atoms with Gasteiger partial charge in [0, 0.05) is 11.8 Å². The van der Waals surface area contributed by atoms with Crippen molar-refractivity contribution in [1.29, 1.82) is 0 Å². The highest BCUT2D eigenvalue weighted by Crippen LogP contribution is 2.31. The van der Waals surface area contributed by atoms with E-state index in [0.29, 0.717) is 23.0 Å². The molecule has 1 N–H and O–H groups in total. The number of hydrogen-bond acceptors (Lipinski definition) is 4. The van der Waals surface area contributed by atoms with E-state index in [1.807, 2.05) is 24.3 Å². The third-order valence-electron chi connectivity index (χ3n) is 4.30. The van der Waals surface area contributed by atoms with Crippen molar-refractivity contribution >= 4 is 17.9 Å². The van der Waals surface area contributed by atoms with Crippen LogP contribution in [0.5, 0.6) is 11.5 Å². The normalized spacial score (nSPS) is 13.4. The van der Waals surface area contributed by atoms with Crippen LogP contribution in [0.25, 0.3) is 0 Å². The van der Waals surface area contributed by atoms with Crippen LogP contribution in [0.15, 0.2) is 47.5 Å². The zero-order valence-corrected chi connectivity index (χ0v) is 15.6. The van der Waals surface area contributed by atoms with E-state index in [1.54, 1.807) is 12.3 Å². The summed E-state index contributed by atoms with van der Waals surface area (Å²) in [6.07, 6.45) is 1.76. The van der Waals surface area contributed by atoms with Gasteiger partial charge in [0.25, 0.3) is 0 Å². The molecule has 0 amide bonds. The molecule has 0 saturated heterocycles. The van der Waals surface area contributed by atoms with Gasteiger partial charge in [0.1, 0.15) is 0 Å². The van der Waals surface area contributed by atoms with Crippen LogP contribution in [0.4, 0.5) is 5.69 Å². The number of ether oxygens (including phenoxy) is 2. The molecule has 26 heavy (non-hydrogen) atoms. The average Bonchev–Trinajstić information content (AvgIpc) is 2.66. The first-order chi connectivity index (χ1) is 12.5. The Morgan fingerprint density at radius 1 is 1.19 bits per heavy atom. The molecule has 5 heteroatoms. The molecule has 0 unspecified atom stereocenters. The van der Waals surface area contributed by atoms with Gasteiger partial charge in [0.15, 0.2) is 17.6 Å². The Kier molecular flexibility index (Phi) is 6.78. The number of rotatable bonds is 8. The van der Waals surface area contributed by atoms with Gasteiger partial charge in [0.2, 0.25) is 0 Å². The maximum atomic E-state index is 11.1. The Balaban J connectivity index is 2.27. The van der Waals surface area contributed by atoms with Crippen molar-refractivity contribution in [2.75, 3.05) is 7.11 Å². The number of methoxy groups -OCH3 is 1. The number of aliphatic carboxylic acids is 1. The lowest BCUT2D eigenvalue weighted by atomic mass is 9.99. The number of carboxylic acids is 1. The molecule has 2 aromatic carbocycles. The molecular weight excluding hydrogens is 330 g/mol. The molecule has 0 aliphatic heterocycles. The number of carbonyl (C=O) groups is 1. The van der Waals surface area contributed by atoms with Gasteiger partial charge < -0.3 is 14.6 Å². The minimum Gasteiger partial charge on any atom is -0.493 e. The molecule has 0 saturated carbocycles. The number of nitrogens with zero attached hydrogens (tertiary/aromatic N) is 1. The fraction of sp³-hybridized carbons (Fsp3) is 0.333. The first-order valence-corrected chi connectivity index (χ1v) is 8.66. The van der Waals surface area contributed by atoms with Gasteiger partial charge in [-0.05, 0) is 49.1 Å². The van der Waals surface area contributed by atoms with Gasteiger partial charge >= 0.3 is 5.97 Å². The highest BCUT2D eigenvalue weighted by molar-refractivity contribution is 5.87. The molecule has 0 aromatic heterocycles. The second-order valence-electron chi connectivity index (χ2n) is 6.14. The summed E-state index contributed by atoms with van der Waals surface area (Å²) in [5, 5.41) is 9.10. The largest absolute Gasteiger partial charge is 0.493 e. The topological polar surface area (TPSA) is 68.1 Å². The van der Waals surface area contributed by atoms with Crippen molar-refractivity contribution in [3.63, 3.8) is 0 Å². The van der Waals surface area contributed by atoms with Crippen molar-refractivity contribution in [2.24, 2.45) is 4.99 Å². The molecule has 5 nitrogen and oxygen atoms in total. The first kappa shape index (κ1) is 19.5. The fourth-order valence-corrected chi connectivity index (χ4v) is 2.42. The minimum absolute atomic E-state index is 0.366. The van der Waals surface area contributed by atoms with Crippen molar-refractivity contribution in [2.45, 2.75) is 39.2 Å². The van der Waals surface area contributed by atoms with Gasteiger partial charge in [-0.1, -0.05) is 32.0 Å². The monoisotopic (exact) mass is 355 g/mol. The summed E-state index contributed by atoms with van der Waals surface area (Å²) in [4.78, 5) is 15.6. The molecule has 0 fully saturated rings. The maximum absolute atomic E-state index is 11.1. The van der Waals surface area contributed by atoms with Crippen LogP contribution in [0.1, 0.15) is 44.2 Å². The summed E-state index contributed by atoms with van der Waals surface area (Å²) in [6.45, 7) is 5.84. The van der Waals surface area contributed by atoms with Gasteiger partial charge in [0.05, 0.1) is 12.8 Å². The maximum Gasteiger partial charge on any atom is 0.344 e. The summed E-state index contributed by atoms with van der Waals surface area (Å²) in [5.41, 5.74) is 2.76. The van der Waals surface area contributed by atoms with Crippen LogP contribution in [0.2, 0.25) is 0 Å². The van der Waals surface area contributed by atoms with Crippen molar-refractivity contribution < 1.29 is 19.4 Å². The van der Waals surface area contributed by atoms with E-state index >= 15 is 0 Å². The highest BCUT2D eigenvalue weighted by Gasteiger charge is 2.17. The average molecular weight is 355 g/mol. The van der Waals surface area contributed by atoms with E-state index in [-0.39, 0.29) is 0 Å². The molecule has 0 heterocycles. The van der Waals surface area contributed by atoms with E-state index in [2.05, 4.69) is 31.0 Å². The number of aliphatic imine (C=N–C) groups is 1. The van der Waals surface area contributed by atoms with Crippen LogP contribution in [0, 0.1) is 0 Å². The van der Waals surface area contributed by atoms with Crippen molar-refractivity contribution in [3.8, 4) is 11.5 Å². The number of benzene rings is 2. The number of carboxylic acid groups (broad SMARTS) is 1. The van der Waals surface area contributed by atoms with Crippen LogP contribution in [-0.2, 0) is 4.79 Å².